The predicted molar refractivity (Wildman–Crippen MR) is 91.0 cm³/mol. The van der Waals surface area contributed by atoms with Crippen LogP contribution in [0.4, 0.5) is 0 Å². The summed E-state index contributed by atoms with van der Waals surface area (Å²) in [6.45, 7) is 2.26. The molecule has 0 saturated carbocycles. The van der Waals surface area contributed by atoms with Gasteiger partial charge in [0.25, 0.3) is 0 Å². The summed E-state index contributed by atoms with van der Waals surface area (Å²) in [4.78, 5) is 0. The standard InChI is InChI=1S/C17H27Cl2N/c1-3-4-5-6-7-8-9-16(20-2)12-14-10-11-15(18)13-17(14)19/h10-11,13,16,20H,3-9,12H2,1-2H3. The van der Waals surface area contributed by atoms with E-state index in [0.717, 1.165) is 11.4 Å². The van der Waals surface area contributed by atoms with E-state index in [0.29, 0.717) is 11.1 Å². The van der Waals surface area contributed by atoms with Gasteiger partial charge in [-0.2, -0.15) is 0 Å². The van der Waals surface area contributed by atoms with Crippen LogP contribution in [0.25, 0.3) is 0 Å². The van der Waals surface area contributed by atoms with E-state index in [1.54, 1.807) is 0 Å². The first-order valence-corrected chi connectivity index (χ1v) is 8.54. The fraction of sp³-hybridized carbons (Fsp3) is 0.647. The van der Waals surface area contributed by atoms with Crippen molar-refractivity contribution in [2.45, 2.75) is 64.3 Å². The van der Waals surface area contributed by atoms with Gasteiger partial charge in [0.15, 0.2) is 0 Å². The molecule has 0 saturated heterocycles. The average Bonchev–Trinajstić information content (AvgIpc) is 2.43. The van der Waals surface area contributed by atoms with Gasteiger partial charge in [0, 0.05) is 16.1 Å². The van der Waals surface area contributed by atoms with Crippen molar-refractivity contribution in [3.63, 3.8) is 0 Å². The van der Waals surface area contributed by atoms with Crippen LogP contribution in [-0.2, 0) is 6.42 Å². The largest absolute Gasteiger partial charge is 0.317 e. The molecule has 0 aromatic heterocycles. The third-order valence-electron chi connectivity index (χ3n) is 3.80. The molecule has 0 radical (unpaired) electrons. The highest BCUT2D eigenvalue weighted by atomic mass is 35.5. The number of likely N-dealkylation sites (N-methyl/N-ethyl adjacent to an activating group) is 1. The highest BCUT2D eigenvalue weighted by molar-refractivity contribution is 6.35. The van der Waals surface area contributed by atoms with Crippen LogP contribution in [0.5, 0.6) is 0 Å². The molecule has 1 aromatic carbocycles. The highest BCUT2D eigenvalue weighted by Crippen LogP contribution is 2.23. The molecule has 0 aliphatic carbocycles. The van der Waals surface area contributed by atoms with Crippen LogP contribution in [0.15, 0.2) is 18.2 Å². The Hall–Kier alpha value is -0.240. The van der Waals surface area contributed by atoms with E-state index < -0.39 is 0 Å². The van der Waals surface area contributed by atoms with Crippen molar-refractivity contribution in [1.29, 1.82) is 0 Å². The minimum atomic E-state index is 0.500. The molecular weight excluding hydrogens is 289 g/mol. The van der Waals surface area contributed by atoms with Crippen molar-refractivity contribution in [1.82, 2.24) is 5.32 Å². The van der Waals surface area contributed by atoms with Crippen molar-refractivity contribution in [3.05, 3.63) is 33.8 Å². The van der Waals surface area contributed by atoms with Crippen molar-refractivity contribution in [3.8, 4) is 0 Å². The fourth-order valence-electron chi connectivity index (χ4n) is 2.47. The second kappa shape index (κ2) is 10.5. The zero-order chi connectivity index (χ0) is 14.8. The monoisotopic (exact) mass is 315 g/mol. The fourth-order valence-corrected chi connectivity index (χ4v) is 2.96. The van der Waals surface area contributed by atoms with E-state index in [1.165, 1.54) is 50.5 Å². The van der Waals surface area contributed by atoms with Crippen LogP contribution in [0.3, 0.4) is 0 Å². The maximum absolute atomic E-state index is 6.24. The molecular formula is C17H27Cl2N. The molecule has 3 heteroatoms. The number of nitrogens with one attached hydrogen (secondary N) is 1. The molecule has 1 rings (SSSR count). The molecule has 0 amide bonds. The molecule has 0 heterocycles. The molecule has 0 bridgehead atoms. The maximum atomic E-state index is 6.24. The summed E-state index contributed by atoms with van der Waals surface area (Å²) in [7, 11) is 2.03. The van der Waals surface area contributed by atoms with E-state index in [-0.39, 0.29) is 0 Å². The third-order valence-corrected chi connectivity index (χ3v) is 4.38. The van der Waals surface area contributed by atoms with E-state index in [9.17, 15) is 0 Å². The van der Waals surface area contributed by atoms with E-state index >= 15 is 0 Å². The van der Waals surface area contributed by atoms with Crippen molar-refractivity contribution < 1.29 is 0 Å². The summed E-state index contributed by atoms with van der Waals surface area (Å²) in [5, 5.41) is 4.89. The summed E-state index contributed by atoms with van der Waals surface area (Å²) in [6, 6.07) is 6.28. The quantitative estimate of drug-likeness (QED) is 0.532. The SMILES string of the molecule is CCCCCCCCC(Cc1ccc(Cl)cc1Cl)NC. The lowest BCUT2D eigenvalue weighted by atomic mass is 9.99. The minimum absolute atomic E-state index is 0.500. The Morgan fingerprint density at radius 2 is 1.75 bits per heavy atom. The van der Waals surface area contributed by atoms with Gasteiger partial charge in [-0.3, -0.25) is 0 Å². The first kappa shape index (κ1) is 17.8. The Morgan fingerprint density at radius 3 is 2.40 bits per heavy atom. The summed E-state index contributed by atoms with van der Waals surface area (Å²) in [5.74, 6) is 0. The number of hydrogen-bond acceptors (Lipinski definition) is 1. The van der Waals surface area contributed by atoms with Gasteiger partial charge >= 0.3 is 0 Å². The normalized spacial score (nSPS) is 12.6. The van der Waals surface area contributed by atoms with E-state index in [4.69, 9.17) is 23.2 Å². The molecule has 0 aliphatic rings. The Bertz CT molecular complexity index is 379. The van der Waals surface area contributed by atoms with E-state index in [1.807, 2.05) is 25.2 Å². The first-order valence-electron chi connectivity index (χ1n) is 7.78. The zero-order valence-electron chi connectivity index (χ0n) is 12.7. The highest BCUT2D eigenvalue weighted by Gasteiger charge is 2.10. The molecule has 0 aliphatic heterocycles. The number of halogens is 2. The third kappa shape index (κ3) is 6.97. The second-order valence-corrected chi connectivity index (χ2v) is 6.33. The average molecular weight is 316 g/mol. The van der Waals surface area contributed by atoms with Crippen LogP contribution in [0, 0.1) is 0 Å². The molecule has 1 nitrogen and oxygen atoms in total. The van der Waals surface area contributed by atoms with Gasteiger partial charge in [0.05, 0.1) is 0 Å². The van der Waals surface area contributed by atoms with Crippen LogP contribution in [0.1, 0.15) is 57.4 Å². The molecule has 0 fully saturated rings. The van der Waals surface area contributed by atoms with Crippen LogP contribution < -0.4 is 5.32 Å². The maximum Gasteiger partial charge on any atom is 0.0453 e. The van der Waals surface area contributed by atoms with Gasteiger partial charge in [-0.05, 0) is 37.6 Å². The van der Waals surface area contributed by atoms with Crippen LogP contribution in [-0.4, -0.2) is 13.1 Å². The number of unbranched alkanes of at least 4 members (excludes halogenated alkanes) is 5. The number of benzene rings is 1. The predicted octanol–water partition coefficient (Wildman–Crippen LogP) is 5.87. The molecule has 1 unspecified atom stereocenters. The van der Waals surface area contributed by atoms with Crippen molar-refractivity contribution >= 4 is 23.2 Å². The Balaban J connectivity index is 2.31. The first-order chi connectivity index (χ1) is 9.67. The van der Waals surface area contributed by atoms with Gasteiger partial charge in [-0.1, -0.05) is 74.7 Å². The summed E-state index contributed by atoms with van der Waals surface area (Å²) in [5.41, 5.74) is 1.18. The van der Waals surface area contributed by atoms with Crippen molar-refractivity contribution in [2.75, 3.05) is 7.05 Å². The van der Waals surface area contributed by atoms with Gasteiger partial charge in [-0.25, -0.2) is 0 Å². The van der Waals surface area contributed by atoms with Gasteiger partial charge in [0.2, 0.25) is 0 Å². The molecule has 114 valence electrons. The van der Waals surface area contributed by atoms with Gasteiger partial charge < -0.3 is 5.32 Å². The second-order valence-electron chi connectivity index (χ2n) is 5.48. The van der Waals surface area contributed by atoms with Gasteiger partial charge in [0.1, 0.15) is 0 Å². The Morgan fingerprint density at radius 1 is 1.05 bits per heavy atom. The zero-order valence-corrected chi connectivity index (χ0v) is 14.2. The smallest absolute Gasteiger partial charge is 0.0453 e. The van der Waals surface area contributed by atoms with Crippen LogP contribution in [0.2, 0.25) is 10.0 Å². The Labute approximate surface area is 134 Å². The van der Waals surface area contributed by atoms with Gasteiger partial charge in [-0.15, -0.1) is 0 Å². The molecule has 20 heavy (non-hydrogen) atoms. The van der Waals surface area contributed by atoms with Crippen molar-refractivity contribution in [2.24, 2.45) is 0 Å². The molecule has 1 atom stereocenters. The topological polar surface area (TPSA) is 12.0 Å². The Kier molecular flexibility index (Phi) is 9.33. The lowest BCUT2D eigenvalue weighted by Gasteiger charge is -2.17. The summed E-state index contributed by atoms with van der Waals surface area (Å²) >= 11 is 12.2. The lowest BCUT2D eigenvalue weighted by Crippen LogP contribution is -2.27. The van der Waals surface area contributed by atoms with E-state index in [2.05, 4.69) is 12.2 Å². The molecule has 1 aromatic rings. The molecule has 0 spiro atoms. The molecule has 1 N–H and O–H groups in total. The summed E-state index contributed by atoms with van der Waals surface area (Å²) in [6.07, 6.45) is 10.2. The number of hydrogen-bond donors (Lipinski definition) is 1. The van der Waals surface area contributed by atoms with Crippen LogP contribution >= 0.6 is 23.2 Å². The number of rotatable bonds is 10. The minimum Gasteiger partial charge on any atom is -0.317 e. The lowest BCUT2D eigenvalue weighted by molar-refractivity contribution is 0.480. The summed E-state index contributed by atoms with van der Waals surface area (Å²) < 4.78 is 0.